The number of nitrogens with one attached hydrogen (secondary N) is 2. The summed E-state index contributed by atoms with van der Waals surface area (Å²) >= 11 is 0. The number of rotatable bonds is 8. The molecule has 0 saturated carbocycles. The fourth-order valence-corrected chi connectivity index (χ4v) is 3.34. The summed E-state index contributed by atoms with van der Waals surface area (Å²) in [6.07, 6.45) is -2.68. The summed E-state index contributed by atoms with van der Waals surface area (Å²) in [4.78, 5) is 27.9. The molecular formula is C26H27F3N4O3. The molecule has 1 aromatic heterocycles. The minimum absolute atomic E-state index is 0.108. The van der Waals surface area contributed by atoms with Gasteiger partial charge in [-0.15, -0.1) is 0 Å². The molecule has 4 N–H and O–H groups in total. The molecule has 0 radical (unpaired) electrons. The summed E-state index contributed by atoms with van der Waals surface area (Å²) in [5, 5.41) is 5.24. The molecule has 3 rings (SSSR count). The number of aromatic nitrogens is 1. The molecule has 0 aliphatic rings. The van der Waals surface area contributed by atoms with Gasteiger partial charge in [-0.25, -0.2) is 4.98 Å². The molecule has 0 unspecified atom stereocenters. The van der Waals surface area contributed by atoms with E-state index in [1.54, 1.807) is 44.2 Å². The molecule has 10 heteroatoms. The van der Waals surface area contributed by atoms with Crippen LogP contribution in [0, 0.1) is 0 Å². The highest BCUT2D eigenvalue weighted by molar-refractivity contribution is 5.94. The molecule has 2 aromatic carbocycles. The Kier molecular flexibility index (Phi) is 7.99. The second-order valence-electron chi connectivity index (χ2n) is 8.83. The Bertz CT molecular complexity index is 1220. The van der Waals surface area contributed by atoms with Gasteiger partial charge in [0.25, 0.3) is 5.91 Å². The van der Waals surface area contributed by atoms with Crippen LogP contribution >= 0.6 is 0 Å². The highest BCUT2D eigenvalue weighted by atomic mass is 19.4. The van der Waals surface area contributed by atoms with Crippen LogP contribution in [0.25, 0.3) is 0 Å². The van der Waals surface area contributed by atoms with Crippen molar-refractivity contribution >= 4 is 17.6 Å². The predicted molar refractivity (Wildman–Crippen MR) is 130 cm³/mol. The number of hydrogen-bond acceptors (Lipinski definition) is 5. The maximum Gasteiger partial charge on any atom is 0.416 e. The van der Waals surface area contributed by atoms with Crippen LogP contribution in [0.3, 0.4) is 0 Å². The lowest BCUT2D eigenvalue weighted by Crippen LogP contribution is -2.31. The van der Waals surface area contributed by atoms with Crippen LogP contribution in [0.5, 0.6) is 11.5 Å². The summed E-state index contributed by atoms with van der Waals surface area (Å²) in [6, 6.07) is 13.5. The van der Waals surface area contributed by atoms with E-state index in [4.69, 9.17) is 10.5 Å². The monoisotopic (exact) mass is 500 g/mol. The average Bonchev–Trinajstić information content (AvgIpc) is 2.77. The number of benzene rings is 2. The molecule has 0 bridgehead atoms. The number of ether oxygens (including phenoxy) is 1. The third kappa shape index (κ3) is 7.54. The smallest absolute Gasteiger partial charge is 0.416 e. The fourth-order valence-electron chi connectivity index (χ4n) is 3.34. The van der Waals surface area contributed by atoms with E-state index < -0.39 is 23.2 Å². The van der Waals surface area contributed by atoms with Crippen molar-refractivity contribution in [3.8, 4) is 11.5 Å². The molecule has 190 valence electrons. The summed E-state index contributed by atoms with van der Waals surface area (Å²) in [7, 11) is 0. The van der Waals surface area contributed by atoms with Gasteiger partial charge in [-0.2, -0.15) is 13.2 Å². The lowest BCUT2D eigenvalue weighted by molar-refractivity contribution is -0.137. The third-order valence-corrected chi connectivity index (χ3v) is 5.14. The van der Waals surface area contributed by atoms with Crippen LogP contribution in [0.4, 0.5) is 19.0 Å². The maximum absolute atomic E-state index is 13.3. The third-order valence-electron chi connectivity index (χ3n) is 5.14. The first-order chi connectivity index (χ1) is 16.8. The standard InChI is InChI=1S/C26H27F3N4O3/c1-16(34)33-23-15-22(8-10-31-23)36-21-6-4-5-17(11-21)7-9-32-24(35)18-12-19(25(2,3)30)14-20(13-18)26(27,28)29/h4-6,8,10-15H,7,9,30H2,1-3H3,(H,32,35)(H,31,33,34). The molecule has 3 aromatic rings. The quantitative estimate of drug-likeness (QED) is 0.403. The van der Waals surface area contributed by atoms with Gasteiger partial charge in [-0.3, -0.25) is 9.59 Å². The van der Waals surface area contributed by atoms with E-state index in [9.17, 15) is 22.8 Å². The highest BCUT2D eigenvalue weighted by Gasteiger charge is 2.33. The van der Waals surface area contributed by atoms with Gasteiger partial charge in [0.05, 0.1) is 5.56 Å². The molecule has 0 spiro atoms. The zero-order chi connectivity index (χ0) is 26.5. The molecule has 0 aliphatic carbocycles. The highest BCUT2D eigenvalue weighted by Crippen LogP contribution is 2.33. The number of alkyl halides is 3. The average molecular weight is 501 g/mol. The second-order valence-corrected chi connectivity index (χ2v) is 8.83. The van der Waals surface area contributed by atoms with Crippen molar-refractivity contribution in [2.45, 2.75) is 38.9 Å². The van der Waals surface area contributed by atoms with Gasteiger partial charge in [0.1, 0.15) is 17.3 Å². The molecule has 0 aliphatic heterocycles. The van der Waals surface area contributed by atoms with E-state index in [1.807, 2.05) is 6.07 Å². The molecule has 7 nitrogen and oxygen atoms in total. The minimum Gasteiger partial charge on any atom is -0.457 e. The Morgan fingerprint density at radius 2 is 1.69 bits per heavy atom. The summed E-state index contributed by atoms with van der Waals surface area (Å²) < 4.78 is 45.8. The van der Waals surface area contributed by atoms with Gasteiger partial charge < -0.3 is 21.1 Å². The molecule has 2 amide bonds. The van der Waals surface area contributed by atoms with E-state index >= 15 is 0 Å². The van der Waals surface area contributed by atoms with E-state index in [-0.39, 0.29) is 23.6 Å². The number of carbonyl (C=O) groups is 2. The number of anilines is 1. The van der Waals surface area contributed by atoms with E-state index in [0.29, 0.717) is 23.7 Å². The lowest BCUT2D eigenvalue weighted by atomic mass is 9.91. The van der Waals surface area contributed by atoms with Gasteiger partial charge in [-0.1, -0.05) is 12.1 Å². The zero-order valence-electron chi connectivity index (χ0n) is 20.1. The van der Waals surface area contributed by atoms with Crippen LogP contribution in [0.15, 0.2) is 60.8 Å². The Hall–Kier alpha value is -3.92. The zero-order valence-corrected chi connectivity index (χ0v) is 20.1. The van der Waals surface area contributed by atoms with Crippen LogP contribution in [0.2, 0.25) is 0 Å². The van der Waals surface area contributed by atoms with Crippen LogP contribution < -0.4 is 21.1 Å². The van der Waals surface area contributed by atoms with Crippen LogP contribution in [-0.2, 0) is 22.9 Å². The lowest BCUT2D eigenvalue weighted by Gasteiger charge is -2.22. The maximum atomic E-state index is 13.3. The van der Waals surface area contributed by atoms with Crippen LogP contribution in [-0.4, -0.2) is 23.3 Å². The van der Waals surface area contributed by atoms with Gasteiger partial charge in [0.2, 0.25) is 5.91 Å². The number of carbonyl (C=O) groups excluding carboxylic acids is 2. The Labute approximate surface area is 206 Å². The largest absolute Gasteiger partial charge is 0.457 e. The van der Waals surface area contributed by atoms with Crippen molar-refractivity contribution < 1.29 is 27.5 Å². The molecule has 0 saturated heterocycles. The molecule has 0 atom stereocenters. The van der Waals surface area contributed by atoms with Crippen LogP contribution in [0.1, 0.15) is 47.8 Å². The summed E-state index contributed by atoms with van der Waals surface area (Å²) in [5.74, 6) is 0.488. The first-order valence-corrected chi connectivity index (χ1v) is 11.1. The van der Waals surface area contributed by atoms with Crippen molar-refractivity contribution in [1.29, 1.82) is 0 Å². The number of pyridine rings is 1. The van der Waals surface area contributed by atoms with E-state index in [0.717, 1.165) is 17.7 Å². The SMILES string of the molecule is CC(=O)Nc1cc(Oc2cccc(CCNC(=O)c3cc(C(C)(C)N)cc(C(F)(F)F)c3)c2)ccn1. The molecular weight excluding hydrogens is 473 g/mol. The van der Waals surface area contributed by atoms with Crippen molar-refractivity contribution in [3.63, 3.8) is 0 Å². The summed E-state index contributed by atoms with van der Waals surface area (Å²) in [6.45, 7) is 4.72. The Balaban J connectivity index is 1.66. The molecule has 36 heavy (non-hydrogen) atoms. The first kappa shape index (κ1) is 26.7. The minimum atomic E-state index is -4.60. The summed E-state index contributed by atoms with van der Waals surface area (Å²) in [5.41, 5.74) is 4.96. The Morgan fingerprint density at radius 3 is 2.36 bits per heavy atom. The molecule has 1 heterocycles. The number of nitrogens with zero attached hydrogens (tertiary/aromatic N) is 1. The van der Waals surface area contributed by atoms with Gasteiger partial charge in [-0.05, 0) is 67.8 Å². The topological polar surface area (TPSA) is 106 Å². The second kappa shape index (κ2) is 10.8. The Morgan fingerprint density at radius 1 is 1.00 bits per heavy atom. The predicted octanol–water partition coefficient (Wildman–Crippen LogP) is 5.02. The fraction of sp³-hybridized carbons (Fsp3) is 0.269. The van der Waals surface area contributed by atoms with Crippen molar-refractivity contribution in [1.82, 2.24) is 10.3 Å². The van der Waals surface area contributed by atoms with Crippen molar-refractivity contribution in [3.05, 3.63) is 83.0 Å². The van der Waals surface area contributed by atoms with E-state index in [1.165, 1.54) is 19.2 Å². The van der Waals surface area contributed by atoms with Gasteiger partial charge >= 0.3 is 6.18 Å². The number of nitrogens with two attached hydrogens (primary N) is 1. The van der Waals surface area contributed by atoms with E-state index in [2.05, 4.69) is 15.6 Å². The molecule has 0 fully saturated rings. The van der Waals surface area contributed by atoms with Crippen molar-refractivity contribution in [2.24, 2.45) is 5.73 Å². The van der Waals surface area contributed by atoms with Gasteiger partial charge in [0.15, 0.2) is 0 Å². The number of hydrogen-bond donors (Lipinski definition) is 3. The normalized spacial score (nSPS) is 11.6. The number of amides is 2. The van der Waals surface area contributed by atoms with Crippen molar-refractivity contribution in [2.75, 3.05) is 11.9 Å². The first-order valence-electron chi connectivity index (χ1n) is 11.1. The number of halogens is 3. The van der Waals surface area contributed by atoms with Gasteiger partial charge in [0, 0.05) is 36.8 Å².